The van der Waals surface area contributed by atoms with E-state index in [9.17, 15) is 14.4 Å². The largest absolute Gasteiger partial charge is 0.331 e. The number of carbonyl (C=O) groups is 3. The number of carbonyl (C=O) groups excluding carboxylic acids is 3. The Balaban J connectivity index is 2.76. The van der Waals surface area contributed by atoms with E-state index in [-0.39, 0.29) is 6.42 Å². The first-order valence-electron chi connectivity index (χ1n) is 5.87. The summed E-state index contributed by atoms with van der Waals surface area (Å²) in [6.45, 7) is 2.35. The van der Waals surface area contributed by atoms with Gasteiger partial charge >= 0.3 is 0 Å². The van der Waals surface area contributed by atoms with Crippen molar-refractivity contribution in [2.24, 2.45) is 0 Å². The maximum absolute atomic E-state index is 11.1. The van der Waals surface area contributed by atoms with Crippen LogP contribution in [0.1, 0.15) is 24.0 Å². The molecule has 0 aliphatic rings. The van der Waals surface area contributed by atoms with Gasteiger partial charge in [0.2, 0.25) is 6.41 Å². The third-order valence-corrected chi connectivity index (χ3v) is 2.91. The van der Waals surface area contributed by atoms with E-state index in [4.69, 9.17) is 0 Å². The number of aldehydes is 2. The van der Waals surface area contributed by atoms with Gasteiger partial charge in [-0.05, 0) is 24.5 Å². The third-order valence-electron chi connectivity index (χ3n) is 2.91. The van der Waals surface area contributed by atoms with E-state index in [0.717, 1.165) is 23.7 Å². The van der Waals surface area contributed by atoms with Crippen LogP contribution in [0.5, 0.6) is 0 Å². The highest BCUT2D eigenvalue weighted by Gasteiger charge is 2.16. The average molecular weight is 247 g/mol. The van der Waals surface area contributed by atoms with Gasteiger partial charge in [0.25, 0.3) is 0 Å². The molecular formula is C14H17NO3. The monoisotopic (exact) mass is 247 g/mol. The fourth-order valence-electron chi connectivity index (χ4n) is 1.77. The second kappa shape index (κ2) is 7.37. The van der Waals surface area contributed by atoms with E-state index in [1.807, 2.05) is 31.2 Å². The smallest absolute Gasteiger partial charge is 0.210 e. The van der Waals surface area contributed by atoms with Gasteiger partial charge in [0.15, 0.2) is 0 Å². The van der Waals surface area contributed by atoms with Crippen molar-refractivity contribution in [2.75, 3.05) is 0 Å². The normalized spacial score (nSPS) is 11.6. The Bertz CT molecular complexity index is 417. The molecule has 96 valence electrons. The molecule has 1 aromatic carbocycles. The Kier molecular flexibility index (Phi) is 5.77. The van der Waals surface area contributed by atoms with Gasteiger partial charge in [-0.15, -0.1) is 0 Å². The van der Waals surface area contributed by atoms with Crippen LogP contribution in [0.15, 0.2) is 24.3 Å². The molecule has 0 radical (unpaired) electrons. The van der Waals surface area contributed by atoms with Crippen LogP contribution in [-0.4, -0.2) is 29.9 Å². The van der Waals surface area contributed by atoms with Gasteiger partial charge in [0.1, 0.15) is 12.6 Å². The van der Waals surface area contributed by atoms with Gasteiger partial charge in [-0.3, -0.25) is 4.79 Å². The Morgan fingerprint density at radius 3 is 2.50 bits per heavy atom. The number of nitrogens with zero attached hydrogens (tertiary/aromatic N) is 1. The zero-order chi connectivity index (χ0) is 13.4. The first-order valence-corrected chi connectivity index (χ1v) is 5.87. The van der Waals surface area contributed by atoms with Gasteiger partial charge in [-0.25, -0.2) is 0 Å². The van der Waals surface area contributed by atoms with Crippen LogP contribution in [0.2, 0.25) is 0 Å². The summed E-state index contributed by atoms with van der Waals surface area (Å²) in [6.07, 6.45) is 2.79. The maximum atomic E-state index is 11.1. The highest BCUT2D eigenvalue weighted by Crippen LogP contribution is 2.12. The van der Waals surface area contributed by atoms with Gasteiger partial charge < -0.3 is 14.5 Å². The number of benzene rings is 1. The standard InChI is InChI=1S/C14H17NO3/c1-12-5-2-3-6-13(12)9-15(11-18)14(10-17)7-4-8-16/h2-3,5-6,8,10-11,14H,4,7,9H2,1H3. The highest BCUT2D eigenvalue weighted by molar-refractivity contribution is 5.64. The molecule has 1 aromatic rings. The lowest BCUT2D eigenvalue weighted by Gasteiger charge is -2.24. The second-order valence-electron chi connectivity index (χ2n) is 4.15. The van der Waals surface area contributed by atoms with Crippen molar-refractivity contribution < 1.29 is 14.4 Å². The third kappa shape index (κ3) is 3.80. The van der Waals surface area contributed by atoms with Crippen LogP contribution in [0, 0.1) is 6.92 Å². The number of hydrogen-bond acceptors (Lipinski definition) is 3. The molecule has 4 heteroatoms. The van der Waals surface area contributed by atoms with Crippen molar-refractivity contribution in [3.63, 3.8) is 0 Å². The maximum Gasteiger partial charge on any atom is 0.210 e. The number of aryl methyl sites for hydroxylation is 1. The van der Waals surface area contributed by atoms with Gasteiger partial charge in [-0.2, -0.15) is 0 Å². The summed E-state index contributed by atoms with van der Waals surface area (Å²) >= 11 is 0. The molecule has 1 rings (SSSR count). The summed E-state index contributed by atoms with van der Waals surface area (Å²) in [5, 5.41) is 0. The molecule has 1 atom stereocenters. The summed E-state index contributed by atoms with van der Waals surface area (Å²) < 4.78 is 0. The van der Waals surface area contributed by atoms with Crippen molar-refractivity contribution in [2.45, 2.75) is 32.4 Å². The van der Waals surface area contributed by atoms with Crippen LogP contribution in [0.3, 0.4) is 0 Å². The molecule has 0 fully saturated rings. The Morgan fingerprint density at radius 1 is 1.22 bits per heavy atom. The first kappa shape index (κ1) is 14.1. The molecule has 18 heavy (non-hydrogen) atoms. The molecule has 0 saturated carbocycles. The van der Waals surface area contributed by atoms with E-state index < -0.39 is 6.04 Å². The van der Waals surface area contributed by atoms with Gasteiger partial charge in [0, 0.05) is 13.0 Å². The number of hydrogen-bond donors (Lipinski definition) is 0. The Hall–Kier alpha value is -1.97. The molecule has 0 N–H and O–H groups in total. The fourth-order valence-corrected chi connectivity index (χ4v) is 1.77. The lowest BCUT2D eigenvalue weighted by Crippen LogP contribution is -2.35. The molecule has 0 spiro atoms. The molecule has 1 amide bonds. The number of amides is 1. The van der Waals surface area contributed by atoms with Crippen molar-refractivity contribution in [1.29, 1.82) is 0 Å². The molecule has 1 unspecified atom stereocenters. The second-order valence-corrected chi connectivity index (χ2v) is 4.15. The van der Waals surface area contributed by atoms with Crippen molar-refractivity contribution in [3.8, 4) is 0 Å². The van der Waals surface area contributed by atoms with Crippen molar-refractivity contribution in [3.05, 3.63) is 35.4 Å². The quantitative estimate of drug-likeness (QED) is 0.654. The van der Waals surface area contributed by atoms with Crippen molar-refractivity contribution in [1.82, 2.24) is 4.90 Å². The molecule has 0 heterocycles. The molecule has 0 aliphatic heterocycles. The summed E-state index contributed by atoms with van der Waals surface area (Å²) in [5.41, 5.74) is 2.08. The molecule has 0 aromatic heterocycles. The molecule has 4 nitrogen and oxygen atoms in total. The predicted molar refractivity (Wildman–Crippen MR) is 67.9 cm³/mol. The first-order chi connectivity index (χ1) is 8.72. The fraction of sp³-hybridized carbons (Fsp3) is 0.357. The van der Waals surface area contributed by atoms with Crippen LogP contribution >= 0.6 is 0 Å². The van der Waals surface area contributed by atoms with E-state index in [0.29, 0.717) is 19.4 Å². The summed E-state index contributed by atoms with van der Waals surface area (Å²) in [4.78, 5) is 33.8. The zero-order valence-corrected chi connectivity index (χ0v) is 10.4. The Morgan fingerprint density at radius 2 is 1.94 bits per heavy atom. The van der Waals surface area contributed by atoms with Crippen LogP contribution < -0.4 is 0 Å². The summed E-state index contributed by atoms with van der Waals surface area (Å²) in [6, 6.07) is 7.17. The van der Waals surface area contributed by atoms with Crippen LogP contribution in [0.4, 0.5) is 0 Å². The molecular weight excluding hydrogens is 230 g/mol. The van der Waals surface area contributed by atoms with Crippen LogP contribution in [-0.2, 0) is 20.9 Å². The molecule has 0 saturated heterocycles. The molecule has 0 bridgehead atoms. The predicted octanol–water partition coefficient (Wildman–Crippen LogP) is 1.50. The lowest BCUT2D eigenvalue weighted by atomic mass is 10.1. The van der Waals surface area contributed by atoms with Gasteiger partial charge in [-0.1, -0.05) is 24.3 Å². The zero-order valence-electron chi connectivity index (χ0n) is 10.4. The van der Waals surface area contributed by atoms with Gasteiger partial charge in [0.05, 0.1) is 6.04 Å². The number of rotatable bonds is 8. The SMILES string of the molecule is Cc1ccccc1CN(C=O)C(C=O)CCC=O. The van der Waals surface area contributed by atoms with E-state index in [1.54, 1.807) is 0 Å². The minimum atomic E-state index is -0.535. The van der Waals surface area contributed by atoms with E-state index in [1.165, 1.54) is 4.90 Å². The highest BCUT2D eigenvalue weighted by atomic mass is 16.1. The lowest BCUT2D eigenvalue weighted by molar-refractivity contribution is -0.126. The minimum Gasteiger partial charge on any atom is -0.331 e. The average Bonchev–Trinajstić information content (AvgIpc) is 2.40. The topological polar surface area (TPSA) is 54.5 Å². The van der Waals surface area contributed by atoms with E-state index in [2.05, 4.69) is 0 Å². The minimum absolute atomic E-state index is 0.279. The summed E-state index contributed by atoms with van der Waals surface area (Å²) in [5.74, 6) is 0. The van der Waals surface area contributed by atoms with E-state index >= 15 is 0 Å². The summed E-state index contributed by atoms with van der Waals surface area (Å²) in [7, 11) is 0. The molecule has 0 aliphatic carbocycles. The van der Waals surface area contributed by atoms with Crippen LogP contribution in [0.25, 0.3) is 0 Å². The van der Waals surface area contributed by atoms with Crippen molar-refractivity contribution >= 4 is 19.0 Å². The Labute approximate surface area is 107 Å².